The van der Waals surface area contributed by atoms with Gasteiger partial charge in [-0.15, -0.1) is 0 Å². The van der Waals surface area contributed by atoms with Crippen LogP contribution in [-0.4, -0.2) is 34.1 Å². The first-order valence-electron chi connectivity index (χ1n) is 10.5. The van der Waals surface area contributed by atoms with Crippen molar-refractivity contribution in [1.82, 2.24) is 0 Å². The van der Waals surface area contributed by atoms with E-state index in [0.29, 0.717) is 22.6 Å². The molecule has 186 valence electrons. The minimum Gasteiger partial charge on any atom is -0.595 e. The summed E-state index contributed by atoms with van der Waals surface area (Å²) in [6.45, 7) is 0. The molecule has 0 aromatic heterocycles. The van der Waals surface area contributed by atoms with Crippen LogP contribution in [0.25, 0.3) is 10.8 Å². The summed E-state index contributed by atoms with van der Waals surface area (Å²) in [6, 6.07) is 18.9. The van der Waals surface area contributed by atoms with Gasteiger partial charge in [-0.2, -0.15) is 13.6 Å². The van der Waals surface area contributed by atoms with E-state index in [1.807, 2.05) is 12.1 Å². The summed E-state index contributed by atoms with van der Waals surface area (Å²) in [4.78, 5) is 4.34. The second-order valence-corrected chi connectivity index (χ2v) is 9.92. The van der Waals surface area contributed by atoms with Gasteiger partial charge in [0.2, 0.25) is 0 Å². The molecular weight excluding hydrogens is 552 g/mol. The van der Waals surface area contributed by atoms with Gasteiger partial charge in [-0.3, -0.25) is 4.99 Å². The lowest BCUT2D eigenvalue weighted by molar-refractivity contribution is -0.991. The molecule has 0 aliphatic heterocycles. The highest BCUT2D eigenvalue weighted by Crippen LogP contribution is 2.34. The van der Waals surface area contributed by atoms with Crippen LogP contribution in [0.5, 0.6) is 17.2 Å². The Morgan fingerprint density at radius 3 is 2.42 bits per heavy atom. The summed E-state index contributed by atoms with van der Waals surface area (Å²) < 4.78 is 42.3. The molecule has 0 fully saturated rings. The Morgan fingerprint density at radius 1 is 0.972 bits per heavy atom. The molecule has 0 heterocycles. The first-order chi connectivity index (χ1) is 17.2. The Hall–Kier alpha value is -3.48. The van der Waals surface area contributed by atoms with E-state index in [2.05, 4.69) is 20.9 Å². The fraction of sp³-hybridized carbons (Fsp3) is 0.0800. The monoisotopic (exact) mass is 572 g/mol. The lowest BCUT2D eigenvalue weighted by Crippen LogP contribution is -2.99. The number of nitrogens with one attached hydrogen (secondary N) is 1. The summed E-state index contributed by atoms with van der Waals surface area (Å²) in [7, 11) is -1.16. The zero-order valence-electron chi connectivity index (χ0n) is 19.1. The molecule has 36 heavy (non-hydrogen) atoms. The number of ether oxygens (including phenoxy) is 2. The van der Waals surface area contributed by atoms with Crippen molar-refractivity contribution in [2.45, 2.75) is 4.90 Å². The van der Waals surface area contributed by atoms with Crippen molar-refractivity contribution in [1.29, 1.82) is 0 Å². The summed E-state index contributed by atoms with van der Waals surface area (Å²) >= 11 is 3.51. The average molecular weight is 573 g/mol. The summed E-state index contributed by atoms with van der Waals surface area (Å²) in [5, 5.41) is 20.6. The maximum atomic E-state index is 12.8. The Balaban J connectivity index is 1.68. The zero-order valence-corrected chi connectivity index (χ0v) is 21.5. The van der Waals surface area contributed by atoms with Crippen LogP contribution in [0, 0.1) is 5.21 Å². The van der Waals surface area contributed by atoms with Crippen LogP contribution in [0.1, 0.15) is 5.56 Å². The molecule has 1 atom stereocenters. The number of quaternary nitrogens is 1. The van der Waals surface area contributed by atoms with Gasteiger partial charge in [0.1, 0.15) is 10.6 Å². The quantitative estimate of drug-likeness (QED) is 0.180. The van der Waals surface area contributed by atoms with Crippen LogP contribution in [0.3, 0.4) is 0 Å². The van der Waals surface area contributed by atoms with Crippen molar-refractivity contribution in [2.75, 3.05) is 14.2 Å². The molecule has 11 heteroatoms. The van der Waals surface area contributed by atoms with Crippen molar-refractivity contribution in [3.05, 3.63) is 88.0 Å². The number of rotatable bonds is 8. The molecule has 4 aromatic rings. The molecular formula is C25H21BrN2O7S. The summed E-state index contributed by atoms with van der Waals surface area (Å²) in [6.07, 6.45) is 1.66. The highest BCUT2D eigenvalue weighted by atomic mass is 79.9. The molecule has 1 unspecified atom stereocenters. The molecule has 0 saturated carbocycles. The van der Waals surface area contributed by atoms with E-state index in [0.717, 1.165) is 21.5 Å². The number of halogens is 1. The van der Waals surface area contributed by atoms with E-state index in [4.69, 9.17) is 18.9 Å². The molecule has 4 rings (SSSR count). The first-order valence-corrected chi connectivity index (χ1v) is 12.7. The van der Waals surface area contributed by atoms with Crippen LogP contribution in [-0.2, 0) is 10.1 Å². The van der Waals surface area contributed by atoms with Crippen molar-refractivity contribution < 1.29 is 32.5 Å². The normalized spacial score (nSPS) is 12.6. The van der Waals surface area contributed by atoms with Gasteiger partial charge in [0, 0.05) is 33.8 Å². The molecule has 0 amide bonds. The van der Waals surface area contributed by atoms with Crippen LogP contribution in [0.4, 0.5) is 11.4 Å². The van der Waals surface area contributed by atoms with E-state index >= 15 is 0 Å². The number of fused-ring (bicyclic) bond motifs is 1. The maximum Gasteiger partial charge on any atom is 0.339 e. The van der Waals surface area contributed by atoms with Gasteiger partial charge < -0.3 is 18.9 Å². The first kappa shape index (κ1) is 25.6. The van der Waals surface area contributed by atoms with E-state index < -0.39 is 15.3 Å². The summed E-state index contributed by atoms with van der Waals surface area (Å²) in [5.74, 6) is 1.19. The predicted molar refractivity (Wildman–Crippen MR) is 138 cm³/mol. The smallest absolute Gasteiger partial charge is 0.339 e. The molecule has 0 radical (unpaired) electrons. The highest BCUT2D eigenvalue weighted by Gasteiger charge is 2.19. The molecule has 0 bridgehead atoms. The van der Waals surface area contributed by atoms with Gasteiger partial charge >= 0.3 is 10.1 Å². The third-order valence-corrected chi connectivity index (χ3v) is 7.18. The number of aliphatic imine (C=N–C) groups is 1. The largest absolute Gasteiger partial charge is 0.595 e. The number of methoxy groups -OCH3 is 2. The molecule has 4 aromatic carbocycles. The topological polar surface area (TPSA) is 122 Å². The molecule has 0 spiro atoms. The second-order valence-electron chi connectivity index (χ2n) is 7.52. The summed E-state index contributed by atoms with van der Waals surface area (Å²) in [5.41, 5.74) is 1.18. The molecule has 0 saturated heterocycles. The van der Waals surface area contributed by atoms with Gasteiger partial charge in [-0.05, 0) is 57.7 Å². The van der Waals surface area contributed by atoms with E-state index in [1.54, 1.807) is 50.8 Å². The minimum absolute atomic E-state index is 0.0678. The molecule has 0 aliphatic carbocycles. The SMILES string of the molecule is COc1cc(Br)c(C=Nc2cccc3ccc(OS(=O)(=O)c4cccc([NH+]([O-])O)c4)cc23)cc1OC. The number of hydrogen-bond donors (Lipinski definition) is 2. The average Bonchev–Trinajstić information content (AvgIpc) is 2.87. The lowest BCUT2D eigenvalue weighted by atomic mass is 10.1. The number of benzene rings is 4. The van der Waals surface area contributed by atoms with Gasteiger partial charge in [0.15, 0.2) is 17.2 Å². The van der Waals surface area contributed by atoms with Crippen molar-refractivity contribution in [3.63, 3.8) is 0 Å². The Labute approximate surface area is 216 Å². The van der Waals surface area contributed by atoms with Crippen molar-refractivity contribution in [2.24, 2.45) is 4.99 Å². The lowest BCUT2D eigenvalue weighted by Gasteiger charge is -2.13. The van der Waals surface area contributed by atoms with E-state index in [9.17, 15) is 13.6 Å². The fourth-order valence-corrected chi connectivity index (χ4v) is 4.86. The van der Waals surface area contributed by atoms with Crippen LogP contribution in [0.15, 0.2) is 87.2 Å². The number of hydrogen-bond acceptors (Lipinski definition) is 8. The van der Waals surface area contributed by atoms with Crippen LogP contribution in [0.2, 0.25) is 0 Å². The third-order valence-electron chi connectivity index (χ3n) is 5.25. The molecule has 0 aliphatic rings. The van der Waals surface area contributed by atoms with Crippen molar-refractivity contribution >= 4 is 54.4 Å². The molecule has 9 nitrogen and oxygen atoms in total. The van der Waals surface area contributed by atoms with Crippen molar-refractivity contribution in [3.8, 4) is 17.2 Å². The minimum atomic E-state index is -4.26. The Bertz CT molecular complexity index is 1560. The number of nitrogens with zero attached hydrogens (tertiary/aromatic N) is 1. The van der Waals surface area contributed by atoms with Gasteiger partial charge in [-0.25, -0.2) is 5.21 Å². The predicted octanol–water partition coefficient (Wildman–Crippen LogP) is 4.54. The molecule has 2 N–H and O–H groups in total. The third kappa shape index (κ3) is 5.50. The van der Waals surface area contributed by atoms with Crippen LogP contribution >= 0.6 is 15.9 Å². The standard InChI is InChI=1S/C25H21BrN2O7S/c1-33-24-11-17(22(26)14-25(24)34-2)15-27-23-8-3-5-16-9-10-19(13-21(16)23)35-36(31,32)20-7-4-6-18(12-20)28(29)30/h3-15,28-29H,1-2H3. The van der Waals surface area contributed by atoms with E-state index in [1.165, 1.54) is 24.3 Å². The van der Waals surface area contributed by atoms with Gasteiger partial charge in [-0.1, -0.05) is 24.3 Å². The highest BCUT2D eigenvalue weighted by molar-refractivity contribution is 9.10. The Morgan fingerprint density at radius 2 is 1.69 bits per heavy atom. The van der Waals surface area contributed by atoms with Crippen LogP contribution < -0.4 is 18.9 Å². The van der Waals surface area contributed by atoms with Gasteiger partial charge in [0.05, 0.1) is 19.9 Å². The Kier molecular flexibility index (Phi) is 7.57. The fourth-order valence-electron chi connectivity index (χ4n) is 3.47. The van der Waals surface area contributed by atoms with Gasteiger partial charge in [0.25, 0.3) is 0 Å². The zero-order chi connectivity index (χ0) is 25.9. The maximum absolute atomic E-state index is 12.8. The second kappa shape index (κ2) is 10.6. The van der Waals surface area contributed by atoms with E-state index in [-0.39, 0.29) is 16.3 Å².